The number of benzene rings is 2. The van der Waals surface area contributed by atoms with E-state index in [9.17, 15) is 14.4 Å². The summed E-state index contributed by atoms with van der Waals surface area (Å²) in [6, 6.07) is 15.6. The van der Waals surface area contributed by atoms with Crippen LogP contribution in [0.5, 0.6) is 0 Å². The smallest absolute Gasteiger partial charge is 0.340 e. The maximum atomic E-state index is 12.4. The number of hydrogen-bond donors (Lipinski definition) is 2. The summed E-state index contributed by atoms with van der Waals surface area (Å²) in [5, 5.41) is 5.48. The van der Waals surface area contributed by atoms with Gasteiger partial charge in [-0.05, 0) is 24.6 Å². The maximum Gasteiger partial charge on any atom is 0.340 e. The normalized spacial score (nSPS) is 16.0. The van der Waals surface area contributed by atoms with Crippen molar-refractivity contribution < 1.29 is 19.1 Å². The predicted octanol–water partition coefficient (Wildman–Crippen LogP) is 2.79. The number of likely N-dealkylation sites (tertiary alicyclic amines) is 1. The Morgan fingerprint density at radius 2 is 1.82 bits per heavy atom. The number of carbonyl (C=O) groups excluding carboxylic acids is 3. The van der Waals surface area contributed by atoms with E-state index >= 15 is 0 Å². The largest absolute Gasteiger partial charge is 0.462 e. The second kappa shape index (κ2) is 9.03. The molecule has 0 saturated carbocycles. The topological polar surface area (TPSA) is 87.7 Å². The quantitative estimate of drug-likeness (QED) is 0.753. The molecule has 7 heteroatoms. The van der Waals surface area contributed by atoms with Crippen molar-refractivity contribution in [1.29, 1.82) is 0 Å². The second-order valence-corrected chi connectivity index (χ2v) is 6.53. The van der Waals surface area contributed by atoms with E-state index in [1.165, 1.54) is 0 Å². The Labute approximate surface area is 163 Å². The lowest BCUT2D eigenvalue weighted by Crippen LogP contribution is -2.39. The van der Waals surface area contributed by atoms with E-state index in [4.69, 9.17) is 4.74 Å². The number of ether oxygens (including phenoxy) is 1. The van der Waals surface area contributed by atoms with E-state index in [0.717, 1.165) is 5.56 Å². The molecular weight excluding hydrogens is 358 g/mol. The first-order chi connectivity index (χ1) is 13.6. The van der Waals surface area contributed by atoms with Crippen LogP contribution in [-0.4, -0.2) is 42.0 Å². The van der Waals surface area contributed by atoms with Gasteiger partial charge in [-0.2, -0.15) is 0 Å². The summed E-state index contributed by atoms with van der Waals surface area (Å²) in [6.07, 6.45) is 0.250. The maximum absolute atomic E-state index is 12.4. The Bertz CT molecular complexity index is 854. The fourth-order valence-corrected chi connectivity index (χ4v) is 3.15. The lowest BCUT2D eigenvalue weighted by molar-refractivity contribution is -0.128. The van der Waals surface area contributed by atoms with E-state index in [1.54, 1.807) is 36.1 Å². The van der Waals surface area contributed by atoms with Gasteiger partial charge in [-0.25, -0.2) is 9.59 Å². The third kappa shape index (κ3) is 4.88. The molecule has 3 amide bonds. The summed E-state index contributed by atoms with van der Waals surface area (Å²) < 4.78 is 5.01. The molecule has 7 nitrogen and oxygen atoms in total. The van der Waals surface area contributed by atoms with Crippen LogP contribution in [0.2, 0.25) is 0 Å². The van der Waals surface area contributed by atoms with Gasteiger partial charge in [0.1, 0.15) is 0 Å². The van der Waals surface area contributed by atoms with E-state index in [-0.39, 0.29) is 30.5 Å². The van der Waals surface area contributed by atoms with Crippen LogP contribution in [0.15, 0.2) is 54.6 Å². The van der Waals surface area contributed by atoms with Gasteiger partial charge in [-0.15, -0.1) is 0 Å². The van der Waals surface area contributed by atoms with Gasteiger partial charge in [0.15, 0.2) is 0 Å². The number of hydrogen-bond acceptors (Lipinski definition) is 4. The first-order valence-electron chi connectivity index (χ1n) is 9.22. The Kier molecular flexibility index (Phi) is 6.26. The number of carbonyl (C=O) groups is 3. The number of anilines is 1. The molecule has 1 atom stereocenters. The van der Waals surface area contributed by atoms with Crippen LogP contribution >= 0.6 is 0 Å². The van der Waals surface area contributed by atoms with Crippen LogP contribution in [0.3, 0.4) is 0 Å². The molecule has 2 N–H and O–H groups in total. The van der Waals surface area contributed by atoms with Gasteiger partial charge < -0.3 is 20.3 Å². The fourth-order valence-electron chi connectivity index (χ4n) is 3.15. The minimum atomic E-state index is -0.497. The summed E-state index contributed by atoms with van der Waals surface area (Å²) in [4.78, 5) is 38.3. The van der Waals surface area contributed by atoms with Crippen molar-refractivity contribution in [2.45, 2.75) is 25.9 Å². The highest BCUT2D eigenvalue weighted by atomic mass is 16.5. The van der Waals surface area contributed by atoms with Crippen molar-refractivity contribution in [3.63, 3.8) is 0 Å². The molecule has 0 spiro atoms. The molecule has 0 aliphatic carbocycles. The highest BCUT2D eigenvalue weighted by Gasteiger charge is 2.30. The number of nitrogens with one attached hydrogen (secondary N) is 2. The molecule has 3 rings (SSSR count). The molecule has 1 heterocycles. The number of esters is 1. The van der Waals surface area contributed by atoms with Crippen molar-refractivity contribution in [2.24, 2.45) is 0 Å². The highest BCUT2D eigenvalue weighted by Crippen LogP contribution is 2.18. The zero-order valence-electron chi connectivity index (χ0n) is 15.7. The number of rotatable bonds is 6. The van der Waals surface area contributed by atoms with Gasteiger partial charge in [0.2, 0.25) is 5.91 Å². The number of urea groups is 1. The summed E-state index contributed by atoms with van der Waals surface area (Å²) in [7, 11) is 0. The molecule has 2 aromatic rings. The van der Waals surface area contributed by atoms with E-state index in [2.05, 4.69) is 10.6 Å². The summed E-state index contributed by atoms with van der Waals surface area (Å²) >= 11 is 0. The van der Waals surface area contributed by atoms with E-state index < -0.39 is 12.0 Å². The summed E-state index contributed by atoms with van der Waals surface area (Å²) in [6.45, 7) is 2.94. The predicted molar refractivity (Wildman–Crippen MR) is 105 cm³/mol. The van der Waals surface area contributed by atoms with Crippen molar-refractivity contribution in [3.05, 3.63) is 65.7 Å². The first kappa shape index (κ1) is 19.4. The molecule has 1 aliphatic rings. The fraction of sp³-hybridized carbons (Fsp3) is 0.286. The lowest BCUT2D eigenvalue weighted by atomic mass is 10.2. The zero-order chi connectivity index (χ0) is 19.9. The van der Waals surface area contributed by atoms with Crippen LogP contribution in [0, 0.1) is 0 Å². The van der Waals surface area contributed by atoms with Crippen LogP contribution in [0.4, 0.5) is 10.5 Å². The van der Waals surface area contributed by atoms with Gasteiger partial charge in [-0.1, -0.05) is 42.5 Å². The first-order valence-corrected chi connectivity index (χ1v) is 9.22. The van der Waals surface area contributed by atoms with Crippen LogP contribution in [0.25, 0.3) is 0 Å². The van der Waals surface area contributed by atoms with Crippen LogP contribution in [0.1, 0.15) is 29.3 Å². The number of amides is 3. The zero-order valence-corrected chi connectivity index (χ0v) is 15.7. The van der Waals surface area contributed by atoms with E-state index in [1.807, 2.05) is 30.3 Å². The van der Waals surface area contributed by atoms with Crippen LogP contribution in [-0.2, 0) is 16.1 Å². The third-order valence-corrected chi connectivity index (χ3v) is 4.44. The van der Waals surface area contributed by atoms with Crippen molar-refractivity contribution in [2.75, 3.05) is 18.5 Å². The minimum absolute atomic E-state index is 0.000997. The minimum Gasteiger partial charge on any atom is -0.462 e. The Balaban J connectivity index is 1.57. The van der Waals surface area contributed by atoms with Crippen LogP contribution < -0.4 is 10.6 Å². The monoisotopic (exact) mass is 381 g/mol. The van der Waals surface area contributed by atoms with E-state index in [0.29, 0.717) is 18.8 Å². The highest BCUT2D eigenvalue weighted by molar-refractivity contribution is 6.01. The molecule has 1 saturated heterocycles. The molecule has 1 aliphatic heterocycles. The van der Waals surface area contributed by atoms with Crippen molar-refractivity contribution >= 4 is 23.6 Å². The summed E-state index contributed by atoms with van der Waals surface area (Å²) in [5.41, 5.74) is 1.70. The molecule has 1 unspecified atom stereocenters. The Hall–Kier alpha value is -3.35. The van der Waals surface area contributed by atoms with Gasteiger partial charge in [0.05, 0.1) is 23.9 Å². The number of para-hydroxylation sites is 1. The molecule has 0 bridgehead atoms. The lowest BCUT2D eigenvalue weighted by Gasteiger charge is -2.18. The van der Waals surface area contributed by atoms with Gasteiger partial charge >= 0.3 is 12.0 Å². The Morgan fingerprint density at radius 1 is 1.11 bits per heavy atom. The Morgan fingerprint density at radius 3 is 2.57 bits per heavy atom. The summed E-state index contributed by atoms with van der Waals surface area (Å²) in [5.74, 6) is -0.496. The van der Waals surface area contributed by atoms with Gasteiger partial charge in [0.25, 0.3) is 0 Å². The third-order valence-electron chi connectivity index (χ3n) is 4.44. The molecule has 0 radical (unpaired) electrons. The molecule has 1 fully saturated rings. The van der Waals surface area contributed by atoms with Gasteiger partial charge in [0, 0.05) is 19.5 Å². The molecule has 28 heavy (non-hydrogen) atoms. The average Bonchev–Trinajstić information content (AvgIpc) is 3.01. The number of nitrogens with zero attached hydrogens (tertiary/aromatic N) is 1. The van der Waals surface area contributed by atoms with Gasteiger partial charge in [-0.3, -0.25) is 4.79 Å². The average molecular weight is 381 g/mol. The molecule has 146 valence electrons. The molecule has 0 aromatic heterocycles. The second-order valence-electron chi connectivity index (χ2n) is 6.53. The van der Waals surface area contributed by atoms with Crippen molar-refractivity contribution in [1.82, 2.24) is 10.2 Å². The molecular formula is C21H23N3O4. The molecule has 2 aromatic carbocycles. The SMILES string of the molecule is CCOC(=O)c1ccccc1NC(=O)NC1CC(=O)N(Cc2ccccc2)C1. The standard InChI is InChI=1S/C21H23N3O4/c1-2-28-20(26)17-10-6-7-11-18(17)23-21(27)22-16-12-19(25)24(14-16)13-15-8-4-3-5-9-15/h3-11,16H,2,12-14H2,1H3,(H2,22,23,27). The van der Waals surface area contributed by atoms with Crippen molar-refractivity contribution in [3.8, 4) is 0 Å².